The molecule has 2 aromatic carbocycles. The van der Waals surface area contributed by atoms with Gasteiger partial charge >= 0.3 is 0 Å². The molecule has 1 aromatic heterocycles. The molecule has 0 bridgehead atoms. The summed E-state index contributed by atoms with van der Waals surface area (Å²) >= 11 is 2.65. The molecule has 3 unspecified atom stereocenters. The Morgan fingerprint density at radius 1 is 1.22 bits per heavy atom. The normalized spacial score (nSPS) is 18.7. The number of thioether (sulfide) groups is 1. The highest BCUT2D eigenvalue weighted by Crippen LogP contribution is 2.38. The van der Waals surface area contributed by atoms with Crippen molar-refractivity contribution in [2.75, 3.05) is 5.75 Å². The second-order valence-corrected chi connectivity index (χ2v) is 8.43. The molecule has 3 aromatic rings. The molecule has 27 heavy (non-hydrogen) atoms. The molecule has 1 amide bonds. The molecular formula is C19H17FN2O3S2. The van der Waals surface area contributed by atoms with Crippen molar-refractivity contribution in [3.05, 3.63) is 58.9 Å². The molecule has 140 valence electrons. The van der Waals surface area contributed by atoms with Crippen molar-refractivity contribution >= 4 is 39.2 Å². The summed E-state index contributed by atoms with van der Waals surface area (Å²) in [5, 5.41) is 23.7. The molecule has 0 spiro atoms. The minimum Gasteiger partial charge on any atom is -0.383 e. The SMILES string of the molecule is O=C(NC1CCSc2c(F)cccc21)C(O)C(O)c1nc2ccccc2s1. The lowest BCUT2D eigenvalue weighted by Gasteiger charge is -2.27. The number of aromatic nitrogens is 1. The number of amides is 1. The minimum absolute atomic E-state index is 0.282. The molecule has 3 atom stereocenters. The van der Waals surface area contributed by atoms with E-state index in [2.05, 4.69) is 10.3 Å². The van der Waals surface area contributed by atoms with E-state index >= 15 is 0 Å². The summed E-state index contributed by atoms with van der Waals surface area (Å²) in [7, 11) is 0. The number of para-hydroxylation sites is 1. The van der Waals surface area contributed by atoms with Crippen molar-refractivity contribution in [3.63, 3.8) is 0 Å². The van der Waals surface area contributed by atoms with Crippen molar-refractivity contribution < 1.29 is 19.4 Å². The smallest absolute Gasteiger partial charge is 0.252 e. The van der Waals surface area contributed by atoms with Gasteiger partial charge in [0.2, 0.25) is 0 Å². The first-order valence-corrected chi connectivity index (χ1v) is 10.3. The van der Waals surface area contributed by atoms with Crippen LogP contribution in [0.15, 0.2) is 47.4 Å². The number of halogens is 1. The Labute approximate surface area is 163 Å². The molecule has 5 nitrogen and oxygen atoms in total. The number of thiazole rings is 1. The Bertz CT molecular complexity index is 961. The van der Waals surface area contributed by atoms with Crippen molar-refractivity contribution in [2.45, 2.75) is 29.6 Å². The first kappa shape index (κ1) is 18.4. The van der Waals surface area contributed by atoms with Crippen LogP contribution >= 0.6 is 23.1 Å². The third-order valence-corrected chi connectivity index (χ3v) is 6.74. The number of benzene rings is 2. The average molecular weight is 404 g/mol. The first-order chi connectivity index (χ1) is 13.0. The van der Waals surface area contributed by atoms with Crippen LogP contribution in [0.4, 0.5) is 4.39 Å². The van der Waals surface area contributed by atoms with Gasteiger partial charge < -0.3 is 15.5 Å². The zero-order valence-electron chi connectivity index (χ0n) is 14.1. The first-order valence-electron chi connectivity index (χ1n) is 8.48. The number of carbonyl (C=O) groups excluding carboxylic acids is 1. The van der Waals surface area contributed by atoms with E-state index in [1.165, 1.54) is 29.2 Å². The predicted octanol–water partition coefficient (Wildman–Crippen LogP) is 3.18. The van der Waals surface area contributed by atoms with Gasteiger partial charge in [-0.3, -0.25) is 4.79 Å². The fourth-order valence-corrected chi connectivity index (χ4v) is 5.21. The summed E-state index contributed by atoms with van der Waals surface area (Å²) in [5.74, 6) is -0.351. The molecule has 0 saturated heterocycles. The van der Waals surface area contributed by atoms with Gasteiger partial charge in [0.25, 0.3) is 5.91 Å². The summed E-state index contributed by atoms with van der Waals surface area (Å²) in [5.41, 5.74) is 1.40. The van der Waals surface area contributed by atoms with Gasteiger partial charge in [0.15, 0.2) is 6.10 Å². The molecule has 3 N–H and O–H groups in total. The Hall–Kier alpha value is -2.00. The monoisotopic (exact) mass is 404 g/mol. The molecule has 0 saturated carbocycles. The fraction of sp³-hybridized carbons (Fsp3) is 0.263. The number of fused-ring (bicyclic) bond motifs is 2. The quantitative estimate of drug-likeness (QED) is 0.622. The van der Waals surface area contributed by atoms with E-state index in [0.717, 1.165) is 4.70 Å². The number of carbonyl (C=O) groups is 1. The van der Waals surface area contributed by atoms with Gasteiger partial charge in [0, 0.05) is 10.6 Å². The third kappa shape index (κ3) is 3.58. The fourth-order valence-electron chi connectivity index (χ4n) is 3.09. The van der Waals surface area contributed by atoms with Crippen molar-refractivity contribution in [1.29, 1.82) is 0 Å². The Morgan fingerprint density at radius 2 is 2.04 bits per heavy atom. The van der Waals surface area contributed by atoms with Gasteiger partial charge in [-0.15, -0.1) is 23.1 Å². The zero-order chi connectivity index (χ0) is 19.0. The van der Waals surface area contributed by atoms with E-state index in [4.69, 9.17) is 0 Å². The second kappa shape index (κ2) is 7.55. The standard InChI is InChI=1S/C19H17FN2O3S2/c20-11-5-3-4-10-12(8-9-26-17(10)11)21-18(25)15(23)16(24)19-22-13-6-1-2-7-14(13)27-19/h1-7,12,15-16,23-24H,8-9H2,(H,21,25). The molecular weight excluding hydrogens is 387 g/mol. The number of nitrogens with zero attached hydrogens (tertiary/aromatic N) is 1. The van der Waals surface area contributed by atoms with Crippen molar-refractivity contribution in [3.8, 4) is 0 Å². The van der Waals surface area contributed by atoms with E-state index in [-0.39, 0.29) is 10.8 Å². The maximum Gasteiger partial charge on any atom is 0.252 e. The van der Waals surface area contributed by atoms with Gasteiger partial charge in [-0.1, -0.05) is 24.3 Å². The Kier molecular flexibility index (Phi) is 5.14. The lowest BCUT2D eigenvalue weighted by atomic mass is 10.0. The lowest BCUT2D eigenvalue weighted by molar-refractivity contribution is -0.136. The van der Waals surface area contributed by atoms with E-state index in [1.807, 2.05) is 18.2 Å². The number of aliphatic hydroxyl groups excluding tert-OH is 2. The maximum atomic E-state index is 14.0. The average Bonchev–Trinajstić information content (AvgIpc) is 3.12. The molecule has 1 aliphatic rings. The Balaban J connectivity index is 1.51. The summed E-state index contributed by atoms with van der Waals surface area (Å²) in [6.07, 6.45) is -2.46. The number of nitrogens with one attached hydrogen (secondary N) is 1. The van der Waals surface area contributed by atoms with Crippen LogP contribution < -0.4 is 5.32 Å². The molecule has 8 heteroatoms. The van der Waals surface area contributed by atoms with Gasteiger partial charge in [0.1, 0.15) is 16.9 Å². The summed E-state index contributed by atoms with van der Waals surface area (Å²) in [6, 6.07) is 11.7. The number of hydrogen-bond acceptors (Lipinski definition) is 6. The van der Waals surface area contributed by atoms with Crippen LogP contribution in [-0.2, 0) is 4.79 Å². The molecule has 0 radical (unpaired) electrons. The topological polar surface area (TPSA) is 82.5 Å². The van der Waals surface area contributed by atoms with Crippen LogP contribution in [-0.4, -0.2) is 33.0 Å². The summed E-state index contributed by atoms with van der Waals surface area (Å²) in [6.45, 7) is 0. The van der Waals surface area contributed by atoms with Crippen LogP contribution in [0, 0.1) is 5.82 Å². The lowest BCUT2D eigenvalue weighted by Crippen LogP contribution is -2.41. The van der Waals surface area contributed by atoms with Gasteiger partial charge in [0.05, 0.1) is 16.3 Å². The van der Waals surface area contributed by atoms with E-state index in [0.29, 0.717) is 28.1 Å². The van der Waals surface area contributed by atoms with Crippen LogP contribution in [0.1, 0.15) is 29.1 Å². The van der Waals surface area contributed by atoms with Gasteiger partial charge in [-0.2, -0.15) is 0 Å². The van der Waals surface area contributed by atoms with E-state index in [9.17, 15) is 19.4 Å². The van der Waals surface area contributed by atoms with E-state index < -0.39 is 24.2 Å². The van der Waals surface area contributed by atoms with Crippen LogP contribution in [0.5, 0.6) is 0 Å². The van der Waals surface area contributed by atoms with Crippen LogP contribution in [0.3, 0.4) is 0 Å². The highest BCUT2D eigenvalue weighted by atomic mass is 32.2. The summed E-state index contributed by atoms with van der Waals surface area (Å²) in [4.78, 5) is 17.3. The highest BCUT2D eigenvalue weighted by Gasteiger charge is 2.31. The zero-order valence-corrected chi connectivity index (χ0v) is 15.8. The van der Waals surface area contributed by atoms with Crippen LogP contribution in [0.2, 0.25) is 0 Å². The van der Waals surface area contributed by atoms with Crippen LogP contribution in [0.25, 0.3) is 10.2 Å². The number of hydrogen-bond donors (Lipinski definition) is 3. The molecule has 0 fully saturated rings. The highest BCUT2D eigenvalue weighted by molar-refractivity contribution is 7.99. The molecule has 0 aliphatic carbocycles. The van der Waals surface area contributed by atoms with Crippen molar-refractivity contribution in [1.82, 2.24) is 10.3 Å². The third-order valence-electron chi connectivity index (χ3n) is 4.47. The predicted molar refractivity (Wildman–Crippen MR) is 103 cm³/mol. The number of rotatable bonds is 4. The molecule has 1 aliphatic heterocycles. The Morgan fingerprint density at radius 3 is 2.85 bits per heavy atom. The minimum atomic E-state index is -1.66. The second-order valence-electron chi connectivity index (χ2n) is 6.27. The molecule has 4 rings (SSSR count). The largest absolute Gasteiger partial charge is 0.383 e. The maximum absolute atomic E-state index is 14.0. The van der Waals surface area contributed by atoms with Gasteiger partial charge in [-0.25, -0.2) is 9.37 Å². The van der Waals surface area contributed by atoms with Gasteiger partial charge in [-0.05, 0) is 30.2 Å². The van der Waals surface area contributed by atoms with Crippen molar-refractivity contribution in [2.24, 2.45) is 0 Å². The molecule has 2 heterocycles. The number of aliphatic hydroxyl groups is 2. The van der Waals surface area contributed by atoms with E-state index in [1.54, 1.807) is 18.2 Å². The summed E-state index contributed by atoms with van der Waals surface area (Å²) < 4.78 is 14.8.